The van der Waals surface area contributed by atoms with Gasteiger partial charge in [0.25, 0.3) is 0 Å². The van der Waals surface area contributed by atoms with E-state index in [9.17, 15) is 9.00 Å². The van der Waals surface area contributed by atoms with Crippen LogP contribution in [0.3, 0.4) is 0 Å². The molecule has 0 bridgehead atoms. The van der Waals surface area contributed by atoms with Gasteiger partial charge in [-0.15, -0.1) is 0 Å². The van der Waals surface area contributed by atoms with Gasteiger partial charge in [-0.25, -0.2) is 4.68 Å². The molecule has 0 radical (unpaired) electrons. The predicted octanol–water partition coefficient (Wildman–Crippen LogP) is 0.690. The second-order valence-corrected chi connectivity index (χ2v) is 5.86. The zero-order chi connectivity index (χ0) is 12.4. The average Bonchev–Trinajstić information content (AvgIpc) is 2.73. The van der Waals surface area contributed by atoms with Crippen LogP contribution in [0.15, 0.2) is 0 Å². The summed E-state index contributed by atoms with van der Waals surface area (Å²) in [4.78, 5) is 12.3. The number of hydrogen-bond donors (Lipinski definition) is 0. The van der Waals surface area contributed by atoms with Crippen LogP contribution in [0.1, 0.15) is 24.1 Å². The van der Waals surface area contributed by atoms with E-state index in [-0.39, 0.29) is 0 Å². The Hall–Kier alpha value is -1.17. The van der Waals surface area contributed by atoms with Crippen LogP contribution < -0.4 is 4.90 Å². The fraction of sp³-hybridized carbons (Fsp3) is 0.636. The molecule has 1 aromatic rings. The lowest BCUT2D eigenvalue weighted by atomic mass is 10.2. The standard InChI is InChI=1S/C11H17N3O2S/c1-13(2)11-9-7-17(16)8-10(9)12-14(11)5-3-4-6-15/h6H,3-5,7-8H2,1-2H3. The Morgan fingerprint density at radius 3 is 2.88 bits per heavy atom. The fourth-order valence-corrected chi connectivity index (χ4v) is 3.40. The lowest BCUT2D eigenvalue weighted by Crippen LogP contribution is -2.17. The summed E-state index contributed by atoms with van der Waals surface area (Å²) in [6.07, 6.45) is 2.29. The molecule has 94 valence electrons. The number of anilines is 1. The molecular formula is C11H17N3O2S. The second kappa shape index (κ2) is 5.00. The number of nitrogens with zero attached hydrogens (tertiary/aromatic N) is 3. The van der Waals surface area contributed by atoms with E-state index in [1.807, 2.05) is 23.7 Å². The number of rotatable bonds is 5. The van der Waals surface area contributed by atoms with E-state index in [1.165, 1.54) is 0 Å². The summed E-state index contributed by atoms with van der Waals surface area (Å²) in [7, 11) is 3.14. The van der Waals surface area contributed by atoms with Crippen molar-refractivity contribution >= 4 is 22.9 Å². The molecule has 1 aromatic heterocycles. The van der Waals surface area contributed by atoms with Crippen LogP contribution in [0, 0.1) is 0 Å². The molecular weight excluding hydrogens is 238 g/mol. The molecule has 1 aliphatic rings. The minimum Gasteiger partial charge on any atom is -0.363 e. The summed E-state index contributed by atoms with van der Waals surface area (Å²) < 4.78 is 13.4. The van der Waals surface area contributed by atoms with Crippen LogP contribution >= 0.6 is 0 Å². The molecule has 0 N–H and O–H groups in total. The largest absolute Gasteiger partial charge is 0.363 e. The van der Waals surface area contributed by atoms with Crippen LogP contribution in [0.2, 0.25) is 0 Å². The maximum Gasteiger partial charge on any atom is 0.130 e. The monoisotopic (exact) mass is 255 g/mol. The second-order valence-electron chi connectivity index (χ2n) is 4.40. The number of hydrogen-bond acceptors (Lipinski definition) is 4. The van der Waals surface area contributed by atoms with Gasteiger partial charge < -0.3 is 9.69 Å². The van der Waals surface area contributed by atoms with E-state index < -0.39 is 10.8 Å². The molecule has 2 heterocycles. The average molecular weight is 255 g/mol. The van der Waals surface area contributed by atoms with Gasteiger partial charge >= 0.3 is 0 Å². The SMILES string of the molecule is CN(C)c1c2c(nn1CCCC=O)CS(=O)C2. The number of aromatic nitrogens is 2. The Labute approximate surface area is 103 Å². The number of aryl methyl sites for hydroxylation is 1. The molecule has 0 spiro atoms. The van der Waals surface area contributed by atoms with Gasteiger partial charge in [-0.3, -0.25) is 4.21 Å². The van der Waals surface area contributed by atoms with Gasteiger partial charge in [-0.2, -0.15) is 5.10 Å². The molecule has 0 amide bonds. The highest BCUT2D eigenvalue weighted by molar-refractivity contribution is 7.83. The lowest BCUT2D eigenvalue weighted by molar-refractivity contribution is -0.107. The van der Waals surface area contributed by atoms with Crippen LogP contribution in [0.5, 0.6) is 0 Å². The number of carbonyl (C=O) groups excluding carboxylic acids is 1. The van der Waals surface area contributed by atoms with Crippen molar-refractivity contribution in [1.82, 2.24) is 9.78 Å². The maximum absolute atomic E-state index is 11.5. The molecule has 2 rings (SSSR count). The van der Waals surface area contributed by atoms with Crippen LogP contribution in [0.25, 0.3) is 0 Å². The molecule has 0 fully saturated rings. The topological polar surface area (TPSA) is 55.2 Å². The van der Waals surface area contributed by atoms with E-state index in [0.717, 1.165) is 36.3 Å². The third-order valence-electron chi connectivity index (χ3n) is 2.82. The molecule has 0 saturated heterocycles. The first-order chi connectivity index (χ1) is 8.13. The summed E-state index contributed by atoms with van der Waals surface area (Å²) in [6, 6.07) is 0. The smallest absolute Gasteiger partial charge is 0.130 e. The van der Waals surface area contributed by atoms with Crippen molar-refractivity contribution in [1.29, 1.82) is 0 Å². The van der Waals surface area contributed by atoms with Crippen molar-refractivity contribution < 1.29 is 9.00 Å². The number of fused-ring (bicyclic) bond motifs is 1. The van der Waals surface area contributed by atoms with Gasteiger partial charge in [0.2, 0.25) is 0 Å². The molecule has 1 unspecified atom stereocenters. The Morgan fingerprint density at radius 2 is 2.24 bits per heavy atom. The van der Waals surface area contributed by atoms with E-state index in [1.54, 1.807) is 0 Å². The summed E-state index contributed by atoms with van der Waals surface area (Å²) >= 11 is 0. The first-order valence-corrected chi connectivity index (χ1v) is 7.16. The minimum absolute atomic E-state index is 0.559. The highest BCUT2D eigenvalue weighted by Crippen LogP contribution is 2.30. The molecule has 0 aliphatic carbocycles. The van der Waals surface area contributed by atoms with Crippen molar-refractivity contribution in [2.75, 3.05) is 19.0 Å². The van der Waals surface area contributed by atoms with Crippen molar-refractivity contribution in [3.05, 3.63) is 11.3 Å². The van der Waals surface area contributed by atoms with Crippen LogP contribution in [-0.2, 0) is 33.6 Å². The summed E-state index contributed by atoms with van der Waals surface area (Å²) in [5.74, 6) is 2.21. The first kappa shape index (κ1) is 12.3. The summed E-state index contributed by atoms with van der Waals surface area (Å²) in [5.41, 5.74) is 2.07. The van der Waals surface area contributed by atoms with Gasteiger partial charge in [0.15, 0.2) is 0 Å². The van der Waals surface area contributed by atoms with Gasteiger partial charge in [0.1, 0.15) is 12.1 Å². The highest BCUT2D eigenvalue weighted by atomic mass is 32.2. The normalized spacial score (nSPS) is 18.1. The van der Waals surface area contributed by atoms with Crippen LogP contribution in [0.4, 0.5) is 5.82 Å². The molecule has 0 aromatic carbocycles. The van der Waals surface area contributed by atoms with E-state index in [0.29, 0.717) is 17.9 Å². The van der Waals surface area contributed by atoms with E-state index >= 15 is 0 Å². The Morgan fingerprint density at radius 1 is 1.47 bits per heavy atom. The molecule has 5 nitrogen and oxygen atoms in total. The zero-order valence-corrected chi connectivity index (χ0v) is 11.0. The molecule has 1 atom stereocenters. The Balaban J connectivity index is 2.24. The van der Waals surface area contributed by atoms with E-state index in [4.69, 9.17) is 0 Å². The highest BCUT2D eigenvalue weighted by Gasteiger charge is 2.27. The zero-order valence-electron chi connectivity index (χ0n) is 10.2. The minimum atomic E-state index is -0.789. The third-order valence-corrected chi connectivity index (χ3v) is 4.03. The molecule has 6 heteroatoms. The quantitative estimate of drug-likeness (QED) is 0.574. The van der Waals surface area contributed by atoms with Crippen molar-refractivity contribution in [3.8, 4) is 0 Å². The van der Waals surface area contributed by atoms with E-state index in [2.05, 4.69) is 5.10 Å². The maximum atomic E-state index is 11.5. The number of unbranched alkanes of at least 4 members (excludes halogenated alkanes) is 1. The fourth-order valence-electron chi connectivity index (χ4n) is 2.15. The predicted molar refractivity (Wildman–Crippen MR) is 67.4 cm³/mol. The Bertz CT molecular complexity index is 454. The number of carbonyl (C=O) groups is 1. The van der Waals surface area contributed by atoms with Crippen LogP contribution in [-0.4, -0.2) is 34.4 Å². The van der Waals surface area contributed by atoms with Crippen molar-refractivity contribution in [3.63, 3.8) is 0 Å². The van der Waals surface area contributed by atoms with Crippen molar-refractivity contribution in [2.45, 2.75) is 30.9 Å². The molecule has 1 aliphatic heterocycles. The van der Waals surface area contributed by atoms with Crippen molar-refractivity contribution in [2.24, 2.45) is 0 Å². The van der Waals surface area contributed by atoms with Gasteiger partial charge in [-0.1, -0.05) is 0 Å². The van der Waals surface area contributed by atoms with Gasteiger partial charge in [-0.05, 0) is 6.42 Å². The number of aldehydes is 1. The third kappa shape index (κ3) is 2.41. The van der Waals surface area contributed by atoms with Gasteiger partial charge in [0, 0.05) is 43.4 Å². The van der Waals surface area contributed by atoms with Gasteiger partial charge in [0.05, 0.1) is 17.2 Å². The summed E-state index contributed by atoms with van der Waals surface area (Å²) in [5, 5.41) is 4.50. The summed E-state index contributed by atoms with van der Waals surface area (Å²) in [6.45, 7) is 0.742. The Kier molecular flexibility index (Phi) is 3.61. The molecule has 0 saturated carbocycles. The lowest BCUT2D eigenvalue weighted by Gasteiger charge is -2.16. The molecule has 17 heavy (non-hydrogen) atoms. The first-order valence-electron chi connectivity index (χ1n) is 5.68.